The summed E-state index contributed by atoms with van der Waals surface area (Å²) in [5.41, 5.74) is 0. The molecule has 1 N–H and O–H groups in total. The fraction of sp³-hybridized carbons (Fsp3) is 0.737. The van der Waals surface area contributed by atoms with Crippen LogP contribution >= 0.6 is 0 Å². The molecule has 3 rings (SSSR count). The van der Waals surface area contributed by atoms with Crippen molar-refractivity contribution < 1.29 is 19.1 Å². The predicted octanol–water partition coefficient (Wildman–Crippen LogP) is 2.23. The van der Waals surface area contributed by atoms with E-state index in [4.69, 9.17) is 14.3 Å². The highest BCUT2D eigenvalue weighted by molar-refractivity contribution is 5.66. The topological polar surface area (TPSA) is 66.2 Å². The highest BCUT2D eigenvalue weighted by atomic mass is 16.5. The number of morpholine rings is 1. The van der Waals surface area contributed by atoms with Crippen LogP contribution < -0.4 is 0 Å². The van der Waals surface area contributed by atoms with Gasteiger partial charge in [0.2, 0.25) is 0 Å². The summed E-state index contributed by atoms with van der Waals surface area (Å²) in [5, 5.41) is 9.11. The second kappa shape index (κ2) is 8.83. The van der Waals surface area contributed by atoms with E-state index in [2.05, 4.69) is 28.9 Å². The van der Waals surface area contributed by atoms with Crippen molar-refractivity contribution in [2.24, 2.45) is 5.92 Å². The van der Waals surface area contributed by atoms with Gasteiger partial charge in [-0.15, -0.1) is 0 Å². The van der Waals surface area contributed by atoms with Crippen LogP contribution in [0.2, 0.25) is 0 Å². The molecule has 2 aliphatic heterocycles. The van der Waals surface area contributed by atoms with Gasteiger partial charge in [-0.25, -0.2) is 0 Å². The molecule has 0 amide bonds. The zero-order valence-electron chi connectivity index (χ0n) is 15.2. The summed E-state index contributed by atoms with van der Waals surface area (Å²) >= 11 is 0. The number of nitrogens with zero attached hydrogens (tertiary/aromatic N) is 2. The molecular formula is C19H30N2O4. The molecule has 0 aliphatic carbocycles. The monoisotopic (exact) mass is 350 g/mol. The van der Waals surface area contributed by atoms with Crippen molar-refractivity contribution in [1.82, 2.24) is 9.80 Å². The van der Waals surface area contributed by atoms with Crippen molar-refractivity contribution in [3.8, 4) is 0 Å². The maximum absolute atomic E-state index is 11.1. The van der Waals surface area contributed by atoms with Crippen LogP contribution in [0, 0.1) is 5.92 Å². The first-order chi connectivity index (χ1) is 12.2. The van der Waals surface area contributed by atoms with E-state index in [0.717, 1.165) is 76.7 Å². The van der Waals surface area contributed by atoms with Crippen molar-refractivity contribution in [3.63, 3.8) is 0 Å². The minimum atomic E-state index is -0.698. The quantitative estimate of drug-likeness (QED) is 0.813. The van der Waals surface area contributed by atoms with Gasteiger partial charge in [0.1, 0.15) is 11.5 Å². The van der Waals surface area contributed by atoms with Gasteiger partial charge in [0.15, 0.2) is 0 Å². The summed E-state index contributed by atoms with van der Waals surface area (Å²) in [7, 11) is 0. The molecule has 1 aromatic rings. The zero-order chi connectivity index (χ0) is 17.6. The summed E-state index contributed by atoms with van der Waals surface area (Å²) in [5.74, 6) is 1.74. The van der Waals surface area contributed by atoms with E-state index in [1.54, 1.807) is 0 Å². The van der Waals surface area contributed by atoms with Crippen LogP contribution in [0.4, 0.5) is 0 Å². The van der Waals surface area contributed by atoms with Crippen molar-refractivity contribution in [1.29, 1.82) is 0 Å². The van der Waals surface area contributed by atoms with Crippen LogP contribution in [0.3, 0.4) is 0 Å². The normalized spacial score (nSPS) is 26.0. The third kappa shape index (κ3) is 5.06. The maximum Gasteiger partial charge on any atom is 0.303 e. The number of carboxylic acids is 1. The Labute approximate surface area is 149 Å². The van der Waals surface area contributed by atoms with Crippen molar-refractivity contribution in [3.05, 3.63) is 23.7 Å². The van der Waals surface area contributed by atoms with Crippen LogP contribution in [-0.4, -0.2) is 66.3 Å². The van der Waals surface area contributed by atoms with Crippen LogP contribution in [-0.2, 0) is 22.5 Å². The van der Waals surface area contributed by atoms with Gasteiger partial charge in [-0.1, -0.05) is 6.92 Å². The fourth-order valence-corrected chi connectivity index (χ4v) is 4.14. The van der Waals surface area contributed by atoms with Crippen molar-refractivity contribution in [2.75, 3.05) is 39.4 Å². The van der Waals surface area contributed by atoms with Gasteiger partial charge in [-0.2, -0.15) is 0 Å². The molecule has 3 heterocycles. The molecule has 0 saturated carbocycles. The molecule has 0 spiro atoms. The van der Waals surface area contributed by atoms with E-state index in [-0.39, 0.29) is 6.42 Å². The Morgan fingerprint density at radius 3 is 2.68 bits per heavy atom. The third-order valence-electron chi connectivity index (χ3n) is 5.47. The smallest absolute Gasteiger partial charge is 0.303 e. The molecule has 0 unspecified atom stereocenters. The largest absolute Gasteiger partial charge is 0.481 e. The molecule has 2 atom stereocenters. The standard InChI is InChI=1S/C19H30N2O4/c1-2-16-4-5-17(25-16)14-20-8-7-18(21-9-11-24-12-10-21)15(13-20)3-6-19(22)23/h4-5,15,18H,2-3,6-14H2,1H3,(H,22,23)/t15-,18+/m1/s1. The minimum absolute atomic E-state index is 0.250. The van der Waals surface area contributed by atoms with Gasteiger partial charge >= 0.3 is 5.97 Å². The van der Waals surface area contributed by atoms with E-state index in [1.807, 2.05) is 0 Å². The number of hydrogen-bond donors (Lipinski definition) is 1. The van der Waals surface area contributed by atoms with Gasteiger partial charge in [0.05, 0.1) is 19.8 Å². The lowest BCUT2D eigenvalue weighted by Gasteiger charge is -2.45. The molecule has 25 heavy (non-hydrogen) atoms. The Bertz CT molecular complexity index is 553. The number of aryl methyl sites for hydroxylation is 1. The Hall–Kier alpha value is -1.37. The zero-order valence-corrected chi connectivity index (χ0v) is 15.2. The van der Waals surface area contributed by atoms with E-state index < -0.39 is 5.97 Å². The lowest BCUT2D eigenvalue weighted by atomic mass is 9.86. The fourth-order valence-electron chi connectivity index (χ4n) is 4.14. The molecule has 6 nitrogen and oxygen atoms in total. The second-order valence-corrected chi connectivity index (χ2v) is 7.15. The SMILES string of the molecule is CCc1ccc(CN2CC[C@H](N3CCOCC3)[C@H](CCC(=O)O)C2)o1. The lowest BCUT2D eigenvalue weighted by molar-refractivity contribution is -0.137. The van der Waals surface area contributed by atoms with E-state index in [0.29, 0.717) is 12.0 Å². The number of likely N-dealkylation sites (tertiary alicyclic amines) is 1. The molecule has 0 bridgehead atoms. The molecule has 140 valence electrons. The number of aliphatic carboxylic acids is 1. The number of rotatable bonds is 7. The molecule has 6 heteroatoms. The summed E-state index contributed by atoms with van der Waals surface area (Å²) in [6, 6.07) is 4.60. The number of hydrogen-bond acceptors (Lipinski definition) is 5. The molecule has 2 fully saturated rings. The first-order valence-corrected chi connectivity index (χ1v) is 9.49. The molecule has 2 saturated heterocycles. The van der Waals surface area contributed by atoms with Crippen LogP contribution in [0.15, 0.2) is 16.5 Å². The predicted molar refractivity (Wildman–Crippen MR) is 94.5 cm³/mol. The van der Waals surface area contributed by atoms with Gasteiger partial charge in [0, 0.05) is 45.1 Å². The summed E-state index contributed by atoms with van der Waals surface area (Å²) in [6.45, 7) is 8.40. The number of carboxylic acid groups (broad SMARTS) is 1. The van der Waals surface area contributed by atoms with Crippen LogP contribution in [0.5, 0.6) is 0 Å². The van der Waals surface area contributed by atoms with E-state index in [9.17, 15) is 4.79 Å². The summed E-state index contributed by atoms with van der Waals surface area (Å²) < 4.78 is 11.3. The van der Waals surface area contributed by atoms with Gasteiger partial charge in [-0.05, 0) is 30.9 Å². The number of piperidine rings is 1. The molecule has 1 aromatic heterocycles. The molecule has 0 radical (unpaired) electrons. The highest BCUT2D eigenvalue weighted by Crippen LogP contribution is 2.28. The summed E-state index contributed by atoms with van der Waals surface area (Å²) in [4.78, 5) is 16.0. The minimum Gasteiger partial charge on any atom is -0.481 e. The number of ether oxygens (including phenoxy) is 1. The lowest BCUT2D eigenvalue weighted by Crippen LogP contribution is -2.53. The average molecular weight is 350 g/mol. The van der Waals surface area contributed by atoms with Gasteiger partial charge in [-0.3, -0.25) is 14.6 Å². The molecular weight excluding hydrogens is 320 g/mol. The van der Waals surface area contributed by atoms with Crippen molar-refractivity contribution in [2.45, 2.75) is 45.2 Å². The first-order valence-electron chi connectivity index (χ1n) is 9.49. The molecule has 2 aliphatic rings. The van der Waals surface area contributed by atoms with Crippen LogP contribution in [0.25, 0.3) is 0 Å². The Morgan fingerprint density at radius 1 is 1.24 bits per heavy atom. The molecule has 0 aromatic carbocycles. The number of carbonyl (C=O) groups is 1. The summed E-state index contributed by atoms with van der Waals surface area (Å²) in [6.07, 6.45) is 3.00. The average Bonchev–Trinajstić information content (AvgIpc) is 3.08. The Kier molecular flexibility index (Phi) is 6.51. The van der Waals surface area contributed by atoms with E-state index >= 15 is 0 Å². The first kappa shape index (κ1) is 18.4. The van der Waals surface area contributed by atoms with Gasteiger partial charge < -0.3 is 14.3 Å². The van der Waals surface area contributed by atoms with Crippen LogP contribution in [0.1, 0.15) is 37.7 Å². The highest BCUT2D eigenvalue weighted by Gasteiger charge is 2.34. The second-order valence-electron chi connectivity index (χ2n) is 7.15. The Balaban J connectivity index is 1.61. The van der Waals surface area contributed by atoms with Crippen molar-refractivity contribution >= 4 is 5.97 Å². The van der Waals surface area contributed by atoms with Gasteiger partial charge in [0.25, 0.3) is 0 Å². The van der Waals surface area contributed by atoms with E-state index in [1.165, 1.54) is 0 Å². The third-order valence-corrected chi connectivity index (χ3v) is 5.47. The maximum atomic E-state index is 11.1. The Morgan fingerprint density at radius 2 is 2.00 bits per heavy atom. The number of furan rings is 1.